The molecule has 0 aliphatic rings. The first kappa shape index (κ1) is 19.7. The van der Waals surface area contributed by atoms with Gasteiger partial charge in [-0.25, -0.2) is 4.39 Å². The fraction of sp³-hybridized carbons (Fsp3) is 0. The van der Waals surface area contributed by atoms with Gasteiger partial charge in [-0.15, -0.1) is 0 Å². The summed E-state index contributed by atoms with van der Waals surface area (Å²) >= 11 is 0. The Kier molecular flexibility index (Phi) is 5.55. The van der Waals surface area contributed by atoms with Crippen LogP contribution in [0.4, 0.5) is 15.8 Å². The Bertz CT molecular complexity index is 1170. The van der Waals surface area contributed by atoms with Crippen LogP contribution in [-0.2, 0) is 0 Å². The normalized spacial score (nSPS) is 11.1. The monoisotopic (exact) mass is 416 g/mol. The molecule has 6 heteroatoms. The van der Waals surface area contributed by atoms with Crippen molar-refractivity contribution in [3.8, 4) is 0 Å². The van der Waals surface area contributed by atoms with Crippen LogP contribution in [0, 0.1) is 15.9 Å². The van der Waals surface area contributed by atoms with Gasteiger partial charge in [0.1, 0.15) is 5.82 Å². The summed E-state index contributed by atoms with van der Waals surface area (Å²) < 4.78 is 18.9. The van der Waals surface area contributed by atoms with Gasteiger partial charge in [0.05, 0.1) is 17.7 Å². The second kappa shape index (κ2) is 8.44. The van der Waals surface area contributed by atoms with Gasteiger partial charge in [0.15, 0.2) is 0 Å². The first-order valence-corrected chi connectivity index (χ1v) is 11.1. The van der Waals surface area contributed by atoms with Crippen molar-refractivity contribution in [2.24, 2.45) is 4.74 Å². The topological polar surface area (TPSA) is 55.5 Å². The van der Waals surface area contributed by atoms with E-state index in [2.05, 4.69) is 0 Å². The number of nitro groups is 1. The van der Waals surface area contributed by atoms with Crippen LogP contribution in [-0.4, -0.2) is 4.92 Å². The van der Waals surface area contributed by atoms with Crippen molar-refractivity contribution in [1.29, 1.82) is 0 Å². The van der Waals surface area contributed by atoms with Gasteiger partial charge in [-0.1, -0.05) is 60.7 Å². The lowest BCUT2D eigenvalue weighted by Gasteiger charge is -2.27. The highest BCUT2D eigenvalue weighted by atomic mass is 31.2. The Labute approximate surface area is 173 Å². The van der Waals surface area contributed by atoms with E-state index >= 15 is 0 Å². The lowest BCUT2D eigenvalue weighted by molar-refractivity contribution is -0.384. The van der Waals surface area contributed by atoms with E-state index in [4.69, 9.17) is 4.74 Å². The Morgan fingerprint density at radius 2 is 1.13 bits per heavy atom. The minimum absolute atomic E-state index is 0.0130. The third kappa shape index (κ3) is 3.80. The van der Waals surface area contributed by atoms with Crippen LogP contribution >= 0.6 is 7.05 Å². The predicted molar refractivity (Wildman–Crippen MR) is 120 cm³/mol. The molecule has 0 aliphatic carbocycles. The summed E-state index contributed by atoms with van der Waals surface area (Å²) in [6.45, 7) is 0. The van der Waals surface area contributed by atoms with E-state index in [1.807, 2.05) is 60.7 Å². The van der Waals surface area contributed by atoms with Gasteiger partial charge < -0.3 is 0 Å². The molecule has 0 aromatic heterocycles. The fourth-order valence-corrected chi connectivity index (χ4v) is 6.89. The molecule has 4 aromatic carbocycles. The molecule has 0 bridgehead atoms. The zero-order chi connectivity index (χ0) is 21.0. The van der Waals surface area contributed by atoms with Crippen LogP contribution in [0.1, 0.15) is 0 Å². The molecule has 4 nitrogen and oxygen atoms in total. The molecule has 0 spiro atoms. The number of hydrogen-bond acceptors (Lipinski definition) is 3. The average molecular weight is 416 g/mol. The fourth-order valence-electron chi connectivity index (χ4n) is 3.38. The number of non-ortho nitro benzene ring substituents is 1. The molecule has 30 heavy (non-hydrogen) atoms. The molecule has 0 atom stereocenters. The van der Waals surface area contributed by atoms with Crippen molar-refractivity contribution in [1.82, 2.24) is 0 Å². The standard InChI is InChI=1S/C24H18FN2O2P/c25-19-11-17-24(18-12-19)30(22-7-3-1-4-8-22,23-9-5-2-6-10-23)26-20-13-15-21(16-14-20)27(28)29/h1-18H. The highest BCUT2D eigenvalue weighted by Gasteiger charge is 2.27. The maximum Gasteiger partial charge on any atom is 0.269 e. The second-order valence-electron chi connectivity index (χ2n) is 6.66. The van der Waals surface area contributed by atoms with E-state index in [1.165, 1.54) is 24.3 Å². The van der Waals surface area contributed by atoms with Gasteiger partial charge in [0.25, 0.3) is 5.69 Å². The molecule has 0 amide bonds. The third-order valence-corrected chi connectivity index (χ3v) is 8.45. The quantitative estimate of drug-likeness (QED) is 0.244. The van der Waals surface area contributed by atoms with Crippen LogP contribution in [0.25, 0.3) is 0 Å². The Morgan fingerprint density at radius 1 is 0.667 bits per heavy atom. The largest absolute Gasteiger partial charge is 0.269 e. The zero-order valence-corrected chi connectivity index (χ0v) is 16.8. The average Bonchev–Trinajstić information content (AvgIpc) is 2.79. The third-order valence-electron chi connectivity index (χ3n) is 4.79. The lowest BCUT2D eigenvalue weighted by Crippen LogP contribution is -2.25. The van der Waals surface area contributed by atoms with E-state index in [1.54, 1.807) is 24.3 Å². The van der Waals surface area contributed by atoms with Crippen molar-refractivity contribution in [2.75, 3.05) is 0 Å². The maximum absolute atomic E-state index is 13.7. The Morgan fingerprint density at radius 3 is 1.60 bits per heavy atom. The molecule has 0 radical (unpaired) electrons. The first-order valence-electron chi connectivity index (χ1n) is 9.34. The highest BCUT2D eigenvalue weighted by molar-refractivity contribution is 7.87. The molecule has 0 aliphatic heterocycles. The second-order valence-corrected chi connectivity index (χ2v) is 9.68. The molecule has 0 saturated heterocycles. The van der Waals surface area contributed by atoms with Crippen LogP contribution in [0.5, 0.6) is 0 Å². The van der Waals surface area contributed by atoms with E-state index < -0.39 is 12.0 Å². The van der Waals surface area contributed by atoms with Crippen LogP contribution in [0.3, 0.4) is 0 Å². The minimum atomic E-state index is -2.55. The minimum Gasteiger partial charge on any atom is -0.258 e. The molecule has 0 fully saturated rings. The predicted octanol–water partition coefficient (Wildman–Crippen LogP) is 5.54. The van der Waals surface area contributed by atoms with Gasteiger partial charge in [0.2, 0.25) is 0 Å². The summed E-state index contributed by atoms with van der Waals surface area (Å²) in [4.78, 5) is 10.6. The summed E-state index contributed by atoms with van der Waals surface area (Å²) in [6.07, 6.45) is 0. The van der Waals surface area contributed by atoms with E-state index in [9.17, 15) is 14.5 Å². The number of rotatable bonds is 5. The van der Waals surface area contributed by atoms with E-state index in [-0.39, 0.29) is 11.5 Å². The maximum atomic E-state index is 13.7. The molecule has 4 aromatic rings. The number of hydrogen-bond donors (Lipinski definition) is 0. The Balaban J connectivity index is 2.07. The molecule has 0 N–H and O–H groups in total. The number of nitro benzene ring substituents is 1. The number of benzene rings is 4. The molecule has 0 saturated carbocycles. The van der Waals surface area contributed by atoms with Gasteiger partial charge in [0, 0.05) is 28.0 Å². The summed E-state index contributed by atoms with van der Waals surface area (Å²) in [5, 5.41) is 14.0. The zero-order valence-electron chi connectivity index (χ0n) is 15.9. The summed E-state index contributed by atoms with van der Waals surface area (Å²) in [7, 11) is -2.55. The molecule has 0 heterocycles. The summed E-state index contributed by atoms with van der Waals surface area (Å²) in [6, 6.07) is 32.5. The number of halogens is 1. The molecule has 4 rings (SSSR count). The van der Waals surface area contributed by atoms with Crippen LogP contribution in [0.15, 0.2) is 114 Å². The SMILES string of the molecule is O=[N+]([O-])c1ccc(N=P(c2ccccc2)(c2ccccc2)c2ccc(F)cc2)cc1. The molecule has 0 unspecified atom stereocenters. The first-order chi connectivity index (χ1) is 14.6. The van der Waals surface area contributed by atoms with E-state index in [0.29, 0.717) is 5.69 Å². The smallest absolute Gasteiger partial charge is 0.258 e. The molecule has 148 valence electrons. The van der Waals surface area contributed by atoms with Gasteiger partial charge in [-0.3, -0.25) is 14.9 Å². The highest BCUT2D eigenvalue weighted by Crippen LogP contribution is 2.49. The van der Waals surface area contributed by atoms with Crippen molar-refractivity contribution >= 4 is 34.3 Å². The van der Waals surface area contributed by atoms with Gasteiger partial charge in [-0.2, -0.15) is 0 Å². The molecular formula is C24H18FN2O2P. The summed E-state index contributed by atoms with van der Waals surface area (Å²) in [5.74, 6) is -0.312. The van der Waals surface area contributed by atoms with Crippen molar-refractivity contribution in [2.45, 2.75) is 0 Å². The van der Waals surface area contributed by atoms with Crippen molar-refractivity contribution < 1.29 is 9.31 Å². The van der Waals surface area contributed by atoms with E-state index in [0.717, 1.165) is 15.9 Å². The number of nitrogens with zero attached hydrogens (tertiary/aromatic N) is 2. The Hall–Kier alpha value is -3.56. The van der Waals surface area contributed by atoms with Gasteiger partial charge in [-0.05, 0) is 36.4 Å². The van der Waals surface area contributed by atoms with Crippen molar-refractivity contribution in [3.63, 3.8) is 0 Å². The van der Waals surface area contributed by atoms with Crippen LogP contribution < -0.4 is 15.9 Å². The molecular weight excluding hydrogens is 398 g/mol. The van der Waals surface area contributed by atoms with Crippen LogP contribution in [0.2, 0.25) is 0 Å². The van der Waals surface area contributed by atoms with Crippen molar-refractivity contribution in [3.05, 3.63) is 125 Å². The lowest BCUT2D eigenvalue weighted by atomic mass is 10.3. The van der Waals surface area contributed by atoms with Gasteiger partial charge >= 0.3 is 0 Å². The summed E-state index contributed by atoms with van der Waals surface area (Å²) in [5.41, 5.74) is 0.644.